The van der Waals surface area contributed by atoms with Gasteiger partial charge in [0.05, 0.1) is 0 Å². The average Bonchev–Trinajstić information content (AvgIpc) is 2.34. The summed E-state index contributed by atoms with van der Waals surface area (Å²) in [4.78, 5) is 22.3. The third-order valence-electron chi connectivity index (χ3n) is 2.40. The highest BCUT2D eigenvalue weighted by atomic mass is 32.1. The molecule has 0 spiro atoms. The van der Waals surface area contributed by atoms with E-state index in [9.17, 15) is 14.0 Å². The van der Waals surface area contributed by atoms with Crippen molar-refractivity contribution in [3.8, 4) is 0 Å². The molecule has 1 saturated heterocycles. The summed E-state index contributed by atoms with van der Waals surface area (Å²) >= 11 is 3.29. The van der Waals surface area contributed by atoms with Crippen LogP contribution < -0.4 is 10.6 Å². The van der Waals surface area contributed by atoms with Crippen LogP contribution in [-0.2, 0) is 13.8 Å². The third kappa shape index (κ3) is 5.27. The summed E-state index contributed by atoms with van der Waals surface area (Å²) in [5.41, 5.74) is 0.537. The fourth-order valence-electron chi connectivity index (χ4n) is 1.61. The number of amides is 2. The lowest BCUT2D eigenvalue weighted by Crippen LogP contribution is -2.47. The first-order valence-corrected chi connectivity index (χ1v) is 5.96. The van der Waals surface area contributed by atoms with Crippen molar-refractivity contribution < 1.29 is 18.2 Å². The Hall–Kier alpha value is -1.60. The van der Waals surface area contributed by atoms with E-state index in [1.807, 2.05) is 0 Å². The number of nitrogens with one attached hydrogen (secondary N) is 2. The van der Waals surface area contributed by atoms with E-state index in [0.29, 0.717) is 18.5 Å². The third-order valence-corrected chi connectivity index (χ3v) is 2.40. The molecule has 1 aliphatic rings. The second-order valence-electron chi connectivity index (χ2n) is 3.84. The summed E-state index contributed by atoms with van der Waals surface area (Å²) in [7, 11) is 1.49. The van der Waals surface area contributed by atoms with Crippen molar-refractivity contribution >= 4 is 30.4 Å². The van der Waals surface area contributed by atoms with Gasteiger partial charge < -0.3 is 9.50 Å². The molecule has 2 amide bonds. The van der Waals surface area contributed by atoms with E-state index < -0.39 is 6.04 Å². The highest BCUT2D eigenvalue weighted by Gasteiger charge is 2.26. The van der Waals surface area contributed by atoms with Gasteiger partial charge in [-0.25, -0.2) is 4.39 Å². The quantitative estimate of drug-likeness (QED) is 0.438. The predicted molar refractivity (Wildman–Crippen MR) is 72.2 cm³/mol. The second kappa shape index (κ2) is 7.75. The molecule has 2 rings (SSSR count). The number of hydrogen-bond donors (Lipinski definition) is 3. The van der Waals surface area contributed by atoms with Crippen LogP contribution in [0, 0.1) is 5.82 Å². The topological polar surface area (TPSA) is 67.4 Å². The molecular weight excluding hydrogens is 271 g/mol. The Balaban J connectivity index is 0.000000550. The molecule has 1 atom stereocenters. The molecular formula is C12H15FN2O3S. The Morgan fingerprint density at radius 1 is 1.47 bits per heavy atom. The Labute approximate surface area is 116 Å². The normalized spacial score (nSPS) is 18.2. The van der Waals surface area contributed by atoms with Crippen molar-refractivity contribution in [2.75, 3.05) is 12.4 Å². The summed E-state index contributed by atoms with van der Waals surface area (Å²) in [6.45, 7) is 0. The molecule has 1 aromatic rings. The molecule has 5 nitrogen and oxygen atoms in total. The minimum Gasteiger partial charge on any atom is -0.374 e. The van der Waals surface area contributed by atoms with Crippen LogP contribution in [-0.4, -0.2) is 25.0 Å². The van der Waals surface area contributed by atoms with Gasteiger partial charge in [-0.1, -0.05) is 6.07 Å². The van der Waals surface area contributed by atoms with Crippen LogP contribution in [0.2, 0.25) is 0 Å². The van der Waals surface area contributed by atoms with Crippen LogP contribution >= 0.6 is 12.9 Å². The molecule has 0 aromatic heterocycles. The number of anilines is 1. The lowest BCUT2D eigenvalue weighted by atomic mass is 10.1. The maximum absolute atomic E-state index is 12.9. The number of carbonyl (C=O) groups excluding carboxylic acids is 2. The zero-order valence-corrected chi connectivity index (χ0v) is 11.2. The van der Waals surface area contributed by atoms with E-state index in [0.717, 1.165) is 0 Å². The van der Waals surface area contributed by atoms with Crippen LogP contribution in [0.1, 0.15) is 12.8 Å². The van der Waals surface area contributed by atoms with Gasteiger partial charge in [-0.3, -0.25) is 14.9 Å². The second-order valence-corrected chi connectivity index (χ2v) is 4.21. The van der Waals surface area contributed by atoms with Gasteiger partial charge in [0.2, 0.25) is 11.8 Å². The summed E-state index contributed by atoms with van der Waals surface area (Å²) in [6, 6.07) is 5.40. The molecule has 7 heteroatoms. The van der Waals surface area contributed by atoms with Crippen LogP contribution in [0.3, 0.4) is 0 Å². The van der Waals surface area contributed by atoms with Crippen molar-refractivity contribution in [2.24, 2.45) is 0 Å². The van der Waals surface area contributed by atoms with Gasteiger partial charge in [-0.05, 0) is 37.5 Å². The highest BCUT2D eigenvalue weighted by molar-refractivity contribution is 7.75. The maximum Gasteiger partial charge on any atom is 0.249 e. The van der Waals surface area contributed by atoms with E-state index in [2.05, 4.69) is 27.7 Å². The van der Waals surface area contributed by atoms with Gasteiger partial charge in [0.15, 0.2) is 0 Å². The number of hydrogen-bond acceptors (Lipinski definition) is 5. The molecule has 1 fully saturated rings. The lowest BCUT2D eigenvalue weighted by molar-refractivity contribution is -0.133. The van der Waals surface area contributed by atoms with E-state index in [4.69, 9.17) is 0 Å². The minimum absolute atomic E-state index is 0.262. The number of thiol groups is 1. The zero-order valence-electron chi connectivity index (χ0n) is 10.4. The zero-order chi connectivity index (χ0) is 14.3. The van der Waals surface area contributed by atoms with Crippen molar-refractivity contribution in [3.05, 3.63) is 30.1 Å². The van der Waals surface area contributed by atoms with Crippen LogP contribution in [0.25, 0.3) is 0 Å². The molecule has 1 aliphatic heterocycles. The van der Waals surface area contributed by atoms with Crippen LogP contribution in [0.5, 0.6) is 0 Å². The number of carbonyl (C=O) groups is 2. The predicted octanol–water partition coefficient (Wildman–Crippen LogP) is 1.52. The minimum atomic E-state index is -0.473. The molecule has 0 aliphatic carbocycles. The fourth-order valence-corrected chi connectivity index (χ4v) is 1.61. The van der Waals surface area contributed by atoms with Crippen LogP contribution in [0.4, 0.5) is 10.1 Å². The molecule has 1 heterocycles. The molecule has 2 N–H and O–H groups in total. The smallest absolute Gasteiger partial charge is 0.249 e. The largest absolute Gasteiger partial charge is 0.374 e. The highest BCUT2D eigenvalue weighted by Crippen LogP contribution is 2.14. The first kappa shape index (κ1) is 15.5. The summed E-state index contributed by atoms with van der Waals surface area (Å²) in [5, 5.41) is 5.12. The first-order chi connectivity index (χ1) is 9.06. The maximum atomic E-state index is 12.9. The Bertz CT molecular complexity index is 456. The molecule has 19 heavy (non-hydrogen) atoms. The van der Waals surface area contributed by atoms with E-state index in [1.54, 1.807) is 12.1 Å². The lowest BCUT2D eigenvalue weighted by Gasteiger charge is -2.22. The summed E-state index contributed by atoms with van der Waals surface area (Å²) < 4.78 is 16.8. The Morgan fingerprint density at radius 2 is 2.16 bits per heavy atom. The SMILES string of the molecule is COS.O=C1CCC(Nc2cccc(F)c2)C(=O)N1. The monoisotopic (exact) mass is 286 g/mol. The number of halogens is 1. The first-order valence-electron chi connectivity index (χ1n) is 5.60. The van der Waals surface area contributed by atoms with Gasteiger partial charge in [-0.2, -0.15) is 0 Å². The summed E-state index contributed by atoms with van der Waals surface area (Å²) in [5.74, 6) is -0.986. The van der Waals surface area contributed by atoms with Crippen LogP contribution in [0.15, 0.2) is 24.3 Å². The van der Waals surface area contributed by atoms with Crippen molar-refractivity contribution in [3.63, 3.8) is 0 Å². The van der Waals surface area contributed by atoms with Gasteiger partial charge in [0, 0.05) is 19.2 Å². The number of rotatable bonds is 2. The average molecular weight is 286 g/mol. The van der Waals surface area contributed by atoms with Crippen molar-refractivity contribution in [1.82, 2.24) is 5.32 Å². The Morgan fingerprint density at radius 3 is 2.74 bits per heavy atom. The summed E-state index contributed by atoms with van der Waals surface area (Å²) in [6.07, 6.45) is 0.736. The molecule has 0 radical (unpaired) electrons. The van der Waals surface area contributed by atoms with Gasteiger partial charge in [-0.15, -0.1) is 0 Å². The standard InChI is InChI=1S/C11H11FN2O2.CH4OS/c12-7-2-1-3-8(6-7)13-9-4-5-10(15)14-11(9)16;1-2-3/h1-3,6,9,13H,4-5H2,(H,14,15,16);3H,1H3. The molecule has 0 saturated carbocycles. The van der Waals surface area contributed by atoms with Crippen molar-refractivity contribution in [1.29, 1.82) is 0 Å². The number of imide groups is 1. The number of piperidine rings is 1. The molecule has 1 aromatic carbocycles. The molecule has 1 unspecified atom stereocenters. The van der Waals surface area contributed by atoms with Gasteiger partial charge >= 0.3 is 0 Å². The Kier molecular flexibility index (Phi) is 6.31. The van der Waals surface area contributed by atoms with E-state index >= 15 is 0 Å². The molecule has 0 bridgehead atoms. The van der Waals surface area contributed by atoms with Gasteiger partial charge in [0.1, 0.15) is 11.9 Å². The van der Waals surface area contributed by atoms with E-state index in [-0.39, 0.29) is 17.6 Å². The number of benzene rings is 1. The fraction of sp³-hybridized carbons (Fsp3) is 0.333. The van der Waals surface area contributed by atoms with E-state index in [1.165, 1.54) is 19.2 Å². The molecule has 104 valence electrons. The van der Waals surface area contributed by atoms with Crippen molar-refractivity contribution in [2.45, 2.75) is 18.9 Å². The van der Waals surface area contributed by atoms with Gasteiger partial charge in [0.25, 0.3) is 0 Å².